The number of nitrogens with one attached hydrogen (secondary N) is 2. The number of halogens is 1. The maximum Gasteiger partial charge on any atom is 0.243 e. The molecular weight excluding hydrogens is 396 g/mol. The van der Waals surface area contributed by atoms with Gasteiger partial charge in [-0.25, -0.2) is 0 Å². The molecule has 2 amide bonds. The zero-order valence-corrected chi connectivity index (χ0v) is 17.4. The van der Waals surface area contributed by atoms with Crippen LogP contribution in [0.25, 0.3) is 10.8 Å². The molecule has 28 heavy (non-hydrogen) atoms. The van der Waals surface area contributed by atoms with E-state index in [1.807, 2.05) is 57.3 Å². The lowest BCUT2D eigenvalue weighted by Gasteiger charge is -2.09. The third kappa shape index (κ3) is 4.48. The van der Waals surface area contributed by atoms with Gasteiger partial charge in [0.1, 0.15) is 0 Å². The van der Waals surface area contributed by atoms with Crippen LogP contribution in [0.15, 0.2) is 41.3 Å². The second-order valence-corrected chi connectivity index (χ2v) is 7.80. The van der Waals surface area contributed by atoms with E-state index in [2.05, 4.69) is 15.7 Å². The van der Waals surface area contributed by atoms with Gasteiger partial charge in [-0.1, -0.05) is 35.9 Å². The minimum absolute atomic E-state index is 0.0938. The van der Waals surface area contributed by atoms with Gasteiger partial charge in [0, 0.05) is 22.4 Å². The molecule has 0 radical (unpaired) electrons. The summed E-state index contributed by atoms with van der Waals surface area (Å²) in [5.41, 5.74) is 2.28. The summed E-state index contributed by atoms with van der Waals surface area (Å²) in [7, 11) is 1.82. The van der Waals surface area contributed by atoms with Gasteiger partial charge in [-0.3, -0.25) is 14.3 Å². The van der Waals surface area contributed by atoms with Gasteiger partial charge in [0.05, 0.1) is 29.4 Å². The number of carbonyl (C=O) groups is 2. The molecule has 0 fully saturated rings. The van der Waals surface area contributed by atoms with Crippen molar-refractivity contribution in [3.8, 4) is 0 Å². The minimum Gasteiger partial charge on any atom is -0.346 e. The standard InChI is InChI=1S/C20H21ClN4O2S/c1-12-20(13(2)25(3)24-12)23-17(26)10-22-18(27)11-28-16-9-5-7-14-6-4-8-15(21)19(14)16/h4-9H,10-11H2,1-3H3,(H,22,27)(H,23,26). The number of carbonyl (C=O) groups excluding carboxylic acids is 2. The zero-order valence-electron chi connectivity index (χ0n) is 15.9. The summed E-state index contributed by atoms with van der Waals surface area (Å²) in [5.74, 6) is -0.308. The molecule has 0 spiro atoms. The lowest BCUT2D eigenvalue weighted by atomic mass is 10.1. The van der Waals surface area contributed by atoms with Gasteiger partial charge in [0.2, 0.25) is 11.8 Å². The van der Waals surface area contributed by atoms with Crippen LogP contribution in [0.4, 0.5) is 5.69 Å². The van der Waals surface area contributed by atoms with Gasteiger partial charge in [0.15, 0.2) is 0 Å². The summed E-state index contributed by atoms with van der Waals surface area (Å²) < 4.78 is 1.70. The Labute approximate surface area is 172 Å². The molecule has 0 aliphatic carbocycles. The second-order valence-electron chi connectivity index (χ2n) is 6.38. The number of aryl methyl sites for hydroxylation is 2. The topological polar surface area (TPSA) is 76.0 Å². The SMILES string of the molecule is Cc1nn(C)c(C)c1NC(=O)CNC(=O)CSc1cccc2cccc(Cl)c12. The van der Waals surface area contributed by atoms with Crippen molar-refractivity contribution >= 4 is 51.6 Å². The van der Waals surface area contributed by atoms with Crippen molar-refractivity contribution < 1.29 is 9.59 Å². The first-order valence-corrected chi connectivity index (χ1v) is 10.1. The summed E-state index contributed by atoms with van der Waals surface area (Å²) >= 11 is 7.71. The molecule has 3 aromatic rings. The average molecular weight is 417 g/mol. The van der Waals surface area contributed by atoms with Crippen molar-refractivity contribution in [2.45, 2.75) is 18.7 Å². The maximum atomic E-state index is 12.2. The molecule has 2 aromatic carbocycles. The molecule has 1 aromatic heterocycles. The fourth-order valence-corrected chi connectivity index (χ4v) is 4.17. The minimum atomic E-state index is -0.286. The summed E-state index contributed by atoms with van der Waals surface area (Å²) in [6.07, 6.45) is 0. The Morgan fingerprint density at radius 1 is 1.14 bits per heavy atom. The summed E-state index contributed by atoms with van der Waals surface area (Å²) in [6.45, 7) is 3.61. The second kappa shape index (κ2) is 8.67. The monoisotopic (exact) mass is 416 g/mol. The lowest BCUT2D eigenvalue weighted by Crippen LogP contribution is -2.34. The van der Waals surface area contributed by atoms with Crippen molar-refractivity contribution in [2.75, 3.05) is 17.6 Å². The molecule has 3 rings (SSSR count). The molecule has 0 aliphatic heterocycles. The van der Waals surface area contributed by atoms with E-state index in [0.29, 0.717) is 10.7 Å². The Morgan fingerprint density at radius 3 is 2.54 bits per heavy atom. The van der Waals surface area contributed by atoms with E-state index >= 15 is 0 Å². The molecule has 8 heteroatoms. The largest absolute Gasteiger partial charge is 0.346 e. The first-order chi connectivity index (χ1) is 13.4. The number of benzene rings is 2. The summed E-state index contributed by atoms with van der Waals surface area (Å²) in [5, 5.41) is 12.3. The number of amides is 2. The van der Waals surface area contributed by atoms with E-state index in [1.54, 1.807) is 4.68 Å². The van der Waals surface area contributed by atoms with Crippen molar-refractivity contribution in [2.24, 2.45) is 7.05 Å². The predicted octanol–water partition coefficient (Wildman–Crippen LogP) is 3.69. The highest BCUT2D eigenvalue weighted by Crippen LogP contribution is 2.33. The number of anilines is 1. The van der Waals surface area contributed by atoms with E-state index in [-0.39, 0.29) is 24.1 Å². The molecule has 0 atom stereocenters. The molecule has 0 saturated carbocycles. The molecule has 0 bridgehead atoms. The third-order valence-corrected chi connectivity index (χ3v) is 5.77. The maximum absolute atomic E-state index is 12.2. The number of hydrogen-bond acceptors (Lipinski definition) is 4. The Kier molecular flexibility index (Phi) is 6.26. The molecule has 6 nitrogen and oxygen atoms in total. The Hall–Kier alpha value is -2.51. The first-order valence-electron chi connectivity index (χ1n) is 8.73. The van der Waals surface area contributed by atoms with Crippen LogP contribution in [0.1, 0.15) is 11.4 Å². The van der Waals surface area contributed by atoms with Crippen LogP contribution in [-0.4, -0.2) is 33.9 Å². The van der Waals surface area contributed by atoms with Crippen molar-refractivity contribution in [3.63, 3.8) is 0 Å². The number of rotatable bonds is 6. The quantitative estimate of drug-likeness (QED) is 0.601. The van der Waals surface area contributed by atoms with Gasteiger partial charge in [-0.2, -0.15) is 5.10 Å². The number of nitrogens with zero attached hydrogens (tertiary/aromatic N) is 2. The first kappa shape index (κ1) is 20.2. The van der Waals surface area contributed by atoms with Crippen molar-refractivity contribution in [1.29, 1.82) is 0 Å². The van der Waals surface area contributed by atoms with Crippen LogP contribution < -0.4 is 10.6 Å². The zero-order chi connectivity index (χ0) is 20.3. The number of fused-ring (bicyclic) bond motifs is 1. The summed E-state index contributed by atoms with van der Waals surface area (Å²) in [4.78, 5) is 25.2. The van der Waals surface area contributed by atoms with Crippen LogP contribution in [0.3, 0.4) is 0 Å². The van der Waals surface area contributed by atoms with E-state index in [4.69, 9.17) is 11.6 Å². The van der Waals surface area contributed by atoms with Crippen molar-refractivity contribution in [1.82, 2.24) is 15.1 Å². The van der Waals surface area contributed by atoms with Gasteiger partial charge in [-0.15, -0.1) is 11.8 Å². The fourth-order valence-electron chi connectivity index (χ4n) is 2.89. The van der Waals surface area contributed by atoms with E-state index < -0.39 is 0 Å². The number of hydrogen-bond donors (Lipinski definition) is 2. The van der Waals surface area contributed by atoms with Gasteiger partial charge >= 0.3 is 0 Å². The van der Waals surface area contributed by atoms with Gasteiger partial charge in [0.25, 0.3) is 0 Å². The van der Waals surface area contributed by atoms with E-state index in [0.717, 1.165) is 27.1 Å². The van der Waals surface area contributed by atoms with Crippen LogP contribution in [-0.2, 0) is 16.6 Å². The van der Waals surface area contributed by atoms with Gasteiger partial charge < -0.3 is 10.6 Å². The Morgan fingerprint density at radius 2 is 1.86 bits per heavy atom. The third-order valence-electron chi connectivity index (χ3n) is 4.39. The summed E-state index contributed by atoms with van der Waals surface area (Å²) in [6, 6.07) is 11.6. The molecule has 0 unspecified atom stereocenters. The molecule has 2 N–H and O–H groups in total. The number of thioether (sulfide) groups is 1. The van der Waals surface area contributed by atoms with E-state index in [1.165, 1.54) is 11.8 Å². The highest BCUT2D eigenvalue weighted by atomic mass is 35.5. The fraction of sp³-hybridized carbons (Fsp3) is 0.250. The van der Waals surface area contributed by atoms with Crippen molar-refractivity contribution in [3.05, 3.63) is 52.8 Å². The van der Waals surface area contributed by atoms with Crippen LogP contribution in [0.2, 0.25) is 5.02 Å². The van der Waals surface area contributed by atoms with Crippen LogP contribution in [0.5, 0.6) is 0 Å². The average Bonchev–Trinajstić information content (AvgIpc) is 2.91. The highest BCUT2D eigenvalue weighted by Gasteiger charge is 2.14. The smallest absolute Gasteiger partial charge is 0.243 e. The highest BCUT2D eigenvalue weighted by molar-refractivity contribution is 8.00. The van der Waals surface area contributed by atoms with E-state index in [9.17, 15) is 9.59 Å². The van der Waals surface area contributed by atoms with Crippen LogP contribution >= 0.6 is 23.4 Å². The Bertz CT molecular complexity index is 1040. The van der Waals surface area contributed by atoms with Crippen LogP contribution in [0, 0.1) is 13.8 Å². The lowest BCUT2D eigenvalue weighted by molar-refractivity contribution is -0.122. The molecule has 0 aliphatic rings. The number of aromatic nitrogens is 2. The predicted molar refractivity (Wildman–Crippen MR) is 114 cm³/mol. The molecule has 0 saturated heterocycles. The van der Waals surface area contributed by atoms with Gasteiger partial charge in [-0.05, 0) is 31.4 Å². The molecule has 1 heterocycles. The normalized spacial score (nSPS) is 10.9. The Balaban J connectivity index is 1.55. The molecule has 146 valence electrons. The molecular formula is C20H21ClN4O2S.